The molecule has 0 fully saturated rings. The van der Waals surface area contributed by atoms with Crippen LogP contribution < -0.4 is 4.74 Å². The van der Waals surface area contributed by atoms with Crippen LogP contribution in [-0.2, 0) is 19.9 Å². The predicted molar refractivity (Wildman–Crippen MR) is 96.0 cm³/mol. The largest absolute Gasteiger partial charge is 0.494 e. The summed E-state index contributed by atoms with van der Waals surface area (Å²) in [5.41, 5.74) is 0. The summed E-state index contributed by atoms with van der Waals surface area (Å²) in [5, 5.41) is 0. The molecule has 2 rings (SSSR count). The van der Waals surface area contributed by atoms with Gasteiger partial charge in [-0.2, -0.15) is 8.78 Å². The van der Waals surface area contributed by atoms with Crippen LogP contribution in [-0.4, -0.2) is 47.1 Å². The molecule has 0 bridgehead atoms. The van der Waals surface area contributed by atoms with Gasteiger partial charge in [0.1, 0.15) is 11.6 Å². The molecule has 0 aliphatic heterocycles. The van der Waals surface area contributed by atoms with E-state index in [9.17, 15) is 30.0 Å². The first kappa shape index (κ1) is 22.2. The second-order valence-corrected chi connectivity index (χ2v) is 9.72. The quantitative estimate of drug-likeness (QED) is 0.564. The smallest absolute Gasteiger partial charge is 0.341 e. The number of ether oxygens (including phenoxy) is 1. The number of hydrogen-bond donors (Lipinski definition) is 0. The van der Waals surface area contributed by atoms with Crippen LogP contribution in [0, 0.1) is 5.82 Å². The van der Waals surface area contributed by atoms with Gasteiger partial charge < -0.3 is 4.74 Å². The minimum absolute atomic E-state index is 0.0978. The summed E-state index contributed by atoms with van der Waals surface area (Å²) in [6.45, 7) is 0.289. The molecule has 0 unspecified atom stereocenters. The first-order valence-electron chi connectivity index (χ1n) is 8.02. The second kappa shape index (κ2) is 8.93. The van der Waals surface area contributed by atoms with E-state index in [1.165, 1.54) is 31.3 Å². The Kier molecular flexibility index (Phi) is 7.07. The zero-order chi connectivity index (χ0) is 20.9. The standard InChI is InChI=1S/C17H18F3NO5S2/c1-21(11-2-12-26-14-5-3-13(18)4-6-14)28(24,25)16-9-7-15(8-10-16)27(22,23)17(19)20/h3-10,17H,2,11-12H2,1H3. The number of rotatable bonds is 9. The van der Waals surface area contributed by atoms with Crippen molar-refractivity contribution >= 4 is 19.9 Å². The molecule has 0 saturated carbocycles. The minimum Gasteiger partial charge on any atom is -0.494 e. The molecular formula is C17H18F3NO5S2. The fourth-order valence-corrected chi connectivity index (χ4v) is 4.14. The first-order valence-corrected chi connectivity index (χ1v) is 11.0. The van der Waals surface area contributed by atoms with Crippen LogP contribution in [0.1, 0.15) is 6.42 Å². The Morgan fingerprint density at radius 2 is 1.46 bits per heavy atom. The average Bonchev–Trinajstić information content (AvgIpc) is 2.66. The average molecular weight is 437 g/mol. The van der Waals surface area contributed by atoms with Crippen LogP contribution in [0.25, 0.3) is 0 Å². The molecule has 0 heterocycles. The highest BCUT2D eigenvalue weighted by Crippen LogP contribution is 2.22. The van der Waals surface area contributed by atoms with E-state index in [1.54, 1.807) is 0 Å². The van der Waals surface area contributed by atoms with E-state index < -0.39 is 36.3 Å². The van der Waals surface area contributed by atoms with Crippen LogP contribution in [0.2, 0.25) is 0 Å². The Labute approximate surface area is 161 Å². The van der Waals surface area contributed by atoms with E-state index in [4.69, 9.17) is 4.74 Å². The van der Waals surface area contributed by atoms with E-state index in [-0.39, 0.29) is 18.0 Å². The number of nitrogens with zero attached hydrogens (tertiary/aromatic N) is 1. The van der Waals surface area contributed by atoms with Gasteiger partial charge in [0.05, 0.1) is 16.4 Å². The molecule has 11 heteroatoms. The summed E-state index contributed by atoms with van der Waals surface area (Å²) in [7, 11) is -7.38. The molecule has 6 nitrogen and oxygen atoms in total. The summed E-state index contributed by atoms with van der Waals surface area (Å²) >= 11 is 0. The van der Waals surface area contributed by atoms with Crippen molar-refractivity contribution in [1.29, 1.82) is 0 Å². The molecule has 154 valence electrons. The zero-order valence-corrected chi connectivity index (χ0v) is 16.4. The molecule has 2 aromatic carbocycles. The van der Waals surface area contributed by atoms with Crippen molar-refractivity contribution in [3.05, 3.63) is 54.3 Å². The van der Waals surface area contributed by atoms with E-state index >= 15 is 0 Å². The number of sulfone groups is 1. The summed E-state index contributed by atoms with van der Waals surface area (Å²) in [5.74, 6) is -3.54. The van der Waals surface area contributed by atoms with Crippen molar-refractivity contribution in [3.63, 3.8) is 0 Å². The van der Waals surface area contributed by atoms with Crippen molar-refractivity contribution in [1.82, 2.24) is 4.31 Å². The van der Waals surface area contributed by atoms with Crippen LogP contribution in [0.3, 0.4) is 0 Å². The van der Waals surface area contributed by atoms with Crippen LogP contribution >= 0.6 is 0 Å². The predicted octanol–water partition coefficient (Wildman–Crippen LogP) is 2.91. The summed E-state index contributed by atoms with van der Waals surface area (Å²) in [4.78, 5) is -0.875. The summed E-state index contributed by atoms with van der Waals surface area (Å²) in [6.07, 6.45) is 0.338. The fraction of sp³-hybridized carbons (Fsp3) is 0.294. The summed E-state index contributed by atoms with van der Waals surface area (Å²) < 4.78 is 92.0. The molecule has 0 atom stereocenters. The van der Waals surface area contributed by atoms with Gasteiger partial charge >= 0.3 is 5.76 Å². The zero-order valence-electron chi connectivity index (χ0n) is 14.8. The molecule has 0 spiro atoms. The van der Waals surface area contributed by atoms with Crippen molar-refractivity contribution in [2.75, 3.05) is 20.2 Å². The van der Waals surface area contributed by atoms with Crippen molar-refractivity contribution in [2.45, 2.75) is 22.0 Å². The van der Waals surface area contributed by atoms with Gasteiger partial charge in [-0.1, -0.05) is 0 Å². The third-order valence-corrected chi connectivity index (χ3v) is 7.06. The lowest BCUT2D eigenvalue weighted by atomic mass is 10.3. The highest BCUT2D eigenvalue weighted by Gasteiger charge is 2.27. The third-order valence-electron chi connectivity index (χ3n) is 3.79. The Bertz CT molecular complexity index is 992. The van der Waals surface area contributed by atoms with Crippen LogP contribution in [0.4, 0.5) is 13.2 Å². The van der Waals surface area contributed by atoms with Gasteiger partial charge in [0.15, 0.2) is 0 Å². The second-order valence-electron chi connectivity index (χ2n) is 5.76. The molecule has 28 heavy (non-hydrogen) atoms. The van der Waals surface area contributed by atoms with Crippen LogP contribution in [0.5, 0.6) is 5.75 Å². The number of benzene rings is 2. The van der Waals surface area contributed by atoms with Gasteiger partial charge in [-0.3, -0.25) is 0 Å². The molecule has 2 aromatic rings. The van der Waals surface area contributed by atoms with Gasteiger partial charge in [0.2, 0.25) is 19.9 Å². The lowest BCUT2D eigenvalue weighted by Gasteiger charge is -2.17. The first-order chi connectivity index (χ1) is 13.0. The topological polar surface area (TPSA) is 80.8 Å². The number of halogens is 3. The molecular weight excluding hydrogens is 419 g/mol. The Morgan fingerprint density at radius 3 is 2.00 bits per heavy atom. The fourth-order valence-electron chi connectivity index (χ4n) is 2.21. The highest BCUT2D eigenvalue weighted by molar-refractivity contribution is 7.91. The summed E-state index contributed by atoms with van der Waals surface area (Å²) in [6, 6.07) is 8.98. The van der Waals surface area contributed by atoms with Crippen LogP contribution in [0.15, 0.2) is 58.3 Å². The lowest BCUT2D eigenvalue weighted by Crippen LogP contribution is -2.29. The molecule has 0 aromatic heterocycles. The number of sulfonamides is 1. The van der Waals surface area contributed by atoms with Gasteiger partial charge in [0.25, 0.3) is 0 Å². The maximum atomic E-state index is 12.8. The van der Waals surface area contributed by atoms with Crippen molar-refractivity contribution < 1.29 is 34.7 Å². The molecule has 0 aliphatic carbocycles. The van der Waals surface area contributed by atoms with E-state index in [0.29, 0.717) is 12.2 Å². The SMILES string of the molecule is CN(CCCOc1ccc(F)cc1)S(=O)(=O)c1ccc(S(=O)(=O)C(F)F)cc1. The molecule has 0 amide bonds. The third kappa shape index (κ3) is 5.24. The minimum atomic E-state index is -4.79. The highest BCUT2D eigenvalue weighted by atomic mass is 32.2. The Hall–Kier alpha value is -2.11. The maximum Gasteiger partial charge on any atom is 0.341 e. The molecule has 0 saturated heterocycles. The van der Waals surface area contributed by atoms with Gasteiger partial charge in [0, 0.05) is 13.6 Å². The van der Waals surface area contributed by atoms with Crippen molar-refractivity contribution in [3.8, 4) is 5.75 Å². The Morgan fingerprint density at radius 1 is 0.929 bits per heavy atom. The van der Waals surface area contributed by atoms with Crippen molar-refractivity contribution in [2.24, 2.45) is 0 Å². The number of alkyl halides is 2. The molecule has 0 aliphatic rings. The van der Waals surface area contributed by atoms with E-state index in [0.717, 1.165) is 28.6 Å². The van der Waals surface area contributed by atoms with E-state index in [2.05, 4.69) is 0 Å². The van der Waals surface area contributed by atoms with Gasteiger partial charge in [-0.05, 0) is 55.0 Å². The Balaban J connectivity index is 1.96. The van der Waals surface area contributed by atoms with Gasteiger partial charge in [-0.15, -0.1) is 0 Å². The van der Waals surface area contributed by atoms with Gasteiger partial charge in [-0.25, -0.2) is 25.5 Å². The monoisotopic (exact) mass is 437 g/mol. The lowest BCUT2D eigenvalue weighted by molar-refractivity contribution is 0.234. The number of hydrogen-bond acceptors (Lipinski definition) is 5. The molecule has 0 radical (unpaired) electrons. The van der Waals surface area contributed by atoms with E-state index in [1.807, 2.05) is 0 Å². The normalized spacial score (nSPS) is 12.5. The molecule has 0 N–H and O–H groups in total. The maximum absolute atomic E-state index is 12.8.